The van der Waals surface area contributed by atoms with Crippen LogP contribution in [0.2, 0.25) is 0 Å². The van der Waals surface area contributed by atoms with E-state index in [2.05, 4.69) is 60.6 Å². The zero-order valence-electron chi connectivity index (χ0n) is 29.4. The second-order valence-corrected chi connectivity index (χ2v) is 14.2. The van der Waals surface area contributed by atoms with Crippen LogP contribution in [0.15, 0.2) is 36.5 Å². The predicted molar refractivity (Wildman–Crippen MR) is 192 cm³/mol. The molecule has 7 heteroatoms. The number of amides is 1. The van der Waals surface area contributed by atoms with Crippen molar-refractivity contribution in [3.05, 3.63) is 47.8 Å². The fourth-order valence-electron chi connectivity index (χ4n) is 6.95. The molecule has 2 heterocycles. The summed E-state index contributed by atoms with van der Waals surface area (Å²) >= 11 is 0. The van der Waals surface area contributed by atoms with Crippen LogP contribution in [-0.4, -0.2) is 53.5 Å². The van der Waals surface area contributed by atoms with Crippen LogP contribution in [0.25, 0.3) is 32.6 Å². The van der Waals surface area contributed by atoms with Crippen LogP contribution in [0.3, 0.4) is 0 Å². The molecule has 0 saturated carbocycles. The zero-order valence-corrected chi connectivity index (χ0v) is 29.4. The molecule has 2 aromatic carbocycles. The third kappa shape index (κ3) is 9.09. The zero-order chi connectivity index (χ0) is 33.3. The van der Waals surface area contributed by atoms with Gasteiger partial charge in [0.05, 0.1) is 5.52 Å². The summed E-state index contributed by atoms with van der Waals surface area (Å²) in [6.07, 6.45) is 15.9. The minimum atomic E-state index is -0.183. The number of hydrogen-bond acceptors (Lipinski definition) is 5. The van der Waals surface area contributed by atoms with E-state index in [1.54, 1.807) is 6.20 Å². The first-order chi connectivity index (χ1) is 22.0. The number of carbonyl (C=O) groups is 2. The Balaban J connectivity index is 1.44. The van der Waals surface area contributed by atoms with Crippen molar-refractivity contribution in [2.24, 2.45) is 12.5 Å². The van der Waals surface area contributed by atoms with E-state index < -0.39 is 0 Å². The molecule has 250 valence electrons. The number of rotatable bonds is 18. The molecule has 1 amide bonds. The first-order valence-electron chi connectivity index (χ1n) is 17.5. The van der Waals surface area contributed by atoms with Gasteiger partial charge in [0.15, 0.2) is 0 Å². The minimum absolute atomic E-state index is 0.0797. The summed E-state index contributed by atoms with van der Waals surface area (Å²) in [5, 5.41) is 6.96. The summed E-state index contributed by atoms with van der Waals surface area (Å²) < 4.78 is 8.00. The van der Waals surface area contributed by atoms with Crippen molar-refractivity contribution in [2.75, 3.05) is 27.2 Å². The third-order valence-corrected chi connectivity index (χ3v) is 9.15. The van der Waals surface area contributed by atoms with E-state index in [4.69, 9.17) is 4.74 Å². The number of aromatic nitrogens is 2. The van der Waals surface area contributed by atoms with Crippen molar-refractivity contribution in [2.45, 2.75) is 105 Å². The minimum Gasteiger partial charge on any atom is -0.427 e. The number of aryl methyl sites for hydroxylation is 2. The Kier molecular flexibility index (Phi) is 12.6. The number of hydrogen-bond donors (Lipinski definition) is 1. The maximum Gasteiger partial charge on any atom is 0.311 e. The monoisotopic (exact) mass is 628 g/mol. The van der Waals surface area contributed by atoms with Gasteiger partial charge in [-0.05, 0) is 74.1 Å². The van der Waals surface area contributed by atoms with Crippen LogP contribution in [0.4, 0.5) is 0 Å². The molecule has 0 saturated heterocycles. The molecule has 0 fully saturated rings. The van der Waals surface area contributed by atoms with E-state index in [0.29, 0.717) is 24.4 Å². The number of carbonyl (C=O) groups excluding carboxylic acids is 2. The van der Waals surface area contributed by atoms with Crippen molar-refractivity contribution < 1.29 is 14.3 Å². The van der Waals surface area contributed by atoms with Crippen molar-refractivity contribution in [1.82, 2.24) is 19.8 Å². The van der Waals surface area contributed by atoms with E-state index in [9.17, 15) is 9.59 Å². The normalized spacial score (nSPS) is 12.1. The van der Waals surface area contributed by atoms with E-state index in [-0.39, 0.29) is 17.3 Å². The van der Waals surface area contributed by atoms with Crippen LogP contribution in [-0.2, 0) is 11.8 Å². The van der Waals surface area contributed by atoms with Crippen molar-refractivity contribution in [3.63, 3.8) is 0 Å². The summed E-state index contributed by atoms with van der Waals surface area (Å²) in [6, 6.07) is 9.91. The van der Waals surface area contributed by atoms with E-state index in [1.165, 1.54) is 57.8 Å². The number of nitrogens with one attached hydrogen (secondary N) is 1. The summed E-state index contributed by atoms with van der Waals surface area (Å²) in [5.41, 5.74) is 3.57. The first kappa shape index (κ1) is 35.4. The van der Waals surface area contributed by atoms with Crippen LogP contribution in [0, 0.1) is 12.3 Å². The summed E-state index contributed by atoms with van der Waals surface area (Å²) in [5.74, 6) is 0.198. The summed E-state index contributed by atoms with van der Waals surface area (Å²) in [6.45, 7) is 10.1. The van der Waals surface area contributed by atoms with Crippen LogP contribution in [0.5, 0.6) is 5.75 Å². The van der Waals surface area contributed by atoms with E-state index in [0.717, 1.165) is 57.5 Å². The Labute approximate surface area is 276 Å². The van der Waals surface area contributed by atoms with Gasteiger partial charge in [0.25, 0.3) is 5.91 Å². The molecule has 4 rings (SSSR count). The van der Waals surface area contributed by atoms with Crippen LogP contribution >= 0.6 is 0 Å². The Morgan fingerprint density at radius 1 is 0.870 bits per heavy atom. The molecule has 2 aromatic heterocycles. The van der Waals surface area contributed by atoms with Gasteiger partial charge in [0.2, 0.25) is 0 Å². The molecule has 0 radical (unpaired) electrons. The molecular formula is C39H56N4O3. The van der Waals surface area contributed by atoms with Gasteiger partial charge in [0, 0.05) is 54.4 Å². The lowest BCUT2D eigenvalue weighted by atomic mass is 9.93. The molecule has 0 unspecified atom stereocenters. The highest BCUT2D eigenvalue weighted by atomic mass is 16.5. The lowest BCUT2D eigenvalue weighted by molar-refractivity contribution is -0.134. The third-order valence-electron chi connectivity index (χ3n) is 9.15. The summed E-state index contributed by atoms with van der Waals surface area (Å²) in [7, 11) is 6.14. The second-order valence-electron chi connectivity index (χ2n) is 14.2. The average Bonchev–Trinajstić information content (AvgIpc) is 3.28. The van der Waals surface area contributed by atoms with Gasteiger partial charge < -0.3 is 19.5 Å². The molecule has 0 spiro atoms. The van der Waals surface area contributed by atoms with E-state index in [1.807, 2.05) is 38.4 Å². The van der Waals surface area contributed by atoms with Gasteiger partial charge >= 0.3 is 5.97 Å². The maximum absolute atomic E-state index is 13.5. The summed E-state index contributed by atoms with van der Waals surface area (Å²) in [4.78, 5) is 32.8. The van der Waals surface area contributed by atoms with Gasteiger partial charge in [-0.3, -0.25) is 14.6 Å². The van der Waals surface area contributed by atoms with Gasteiger partial charge in [-0.15, -0.1) is 0 Å². The van der Waals surface area contributed by atoms with Gasteiger partial charge in [-0.1, -0.05) is 85.0 Å². The predicted octanol–water partition coefficient (Wildman–Crippen LogP) is 9.11. The molecule has 1 N–H and O–H groups in total. The van der Waals surface area contributed by atoms with Crippen molar-refractivity contribution >= 4 is 44.5 Å². The lowest BCUT2D eigenvalue weighted by Gasteiger charge is -2.28. The second kappa shape index (κ2) is 16.4. The smallest absolute Gasteiger partial charge is 0.311 e. The van der Waals surface area contributed by atoms with Crippen molar-refractivity contribution in [3.8, 4) is 5.75 Å². The number of nitrogens with zero attached hydrogens (tertiary/aromatic N) is 3. The van der Waals surface area contributed by atoms with Crippen molar-refractivity contribution in [1.29, 1.82) is 0 Å². The lowest BCUT2D eigenvalue weighted by Crippen LogP contribution is -2.40. The Bertz CT molecular complexity index is 1640. The standard InChI is InChI=1S/C39H56N4O3/c1-8-9-10-11-12-13-14-15-16-17-18-19-35(44)46-29-20-21-34-31(24-29)33-25-32-30(28(2)37(33)43(34)7)22-23-40-36(32)38(45)41-26-39(3,4)27-42(5)6/h20-25H,8-19,26-27H2,1-7H3,(H,41,45). The highest BCUT2D eigenvalue weighted by Gasteiger charge is 2.23. The number of pyridine rings is 1. The molecule has 46 heavy (non-hydrogen) atoms. The number of unbranched alkanes of at least 4 members (excludes halogenated alkanes) is 10. The van der Waals surface area contributed by atoms with E-state index >= 15 is 0 Å². The largest absolute Gasteiger partial charge is 0.427 e. The Morgan fingerprint density at radius 2 is 1.52 bits per heavy atom. The molecule has 0 bridgehead atoms. The number of esters is 1. The highest BCUT2D eigenvalue weighted by molar-refractivity contribution is 6.17. The SMILES string of the molecule is CCCCCCCCCCCCCC(=O)Oc1ccc2c(c1)c1cc3c(C(=O)NCC(C)(C)CN(C)C)nccc3c(C)c1n2C. The molecule has 0 aliphatic heterocycles. The number of benzene rings is 2. The molecule has 0 aliphatic carbocycles. The Hall–Kier alpha value is -3.45. The van der Waals surface area contributed by atoms with Crippen LogP contribution < -0.4 is 10.1 Å². The molecular weight excluding hydrogens is 572 g/mol. The fraction of sp³-hybridized carbons (Fsp3) is 0.564. The van der Waals surface area contributed by atoms with Gasteiger partial charge in [-0.2, -0.15) is 0 Å². The Morgan fingerprint density at radius 3 is 2.17 bits per heavy atom. The fourth-order valence-corrected chi connectivity index (χ4v) is 6.95. The first-order valence-corrected chi connectivity index (χ1v) is 17.5. The molecule has 7 nitrogen and oxygen atoms in total. The number of ether oxygens (including phenoxy) is 1. The average molecular weight is 629 g/mol. The molecule has 0 atom stereocenters. The molecule has 0 aliphatic rings. The quantitative estimate of drug-likeness (QED) is 0.0676. The van der Waals surface area contributed by atoms with Gasteiger partial charge in [0.1, 0.15) is 11.4 Å². The molecule has 4 aromatic rings. The number of fused-ring (bicyclic) bond motifs is 4. The van der Waals surface area contributed by atoms with Crippen LogP contribution in [0.1, 0.15) is 114 Å². The maximum atomic E-state index is 13.5. The van der Waals surface area contributed by atoms with Gasteiger partial charge in [-0.25, -0.2) is 0 Å². The highest BCUT2D eigenvalue weighted by Crippen LogP contribution is 2.37. The topological polar surface area (TPSA) is 76.5 Å².